The molecule has 0 bridgehead atoms. The van der Waals surface area contributed by atoms with E-state index < -0.39 is 17.8 Å². The number of carbonyl (C=O) groups excluding carboxylic acids is 3. The van der Waals surface area contributed by atoms with E-state index >= 15 is 0 Å². The summed E-state index contributed by atoms with van der Waals surface area (Å²) in [4.78, 5) is 41.5. The van der Waals surface area contributed by atoms with Crippen molar-refractivity contribution in [2.75, 3.05) is 13.2 Å². The minimum absolute atomic E-state index is 0.107. The smallest absolute Gasteiger partial charge is 0.338 e. The van der Waals surface area contributed by atoms with Crippen LogP contribution in [0.5, 0.6) is 0 Å². The highest BCUT2D eigenvalue weighted by atomic mass is 35.5. The molecule has 0 aliphatic heterocycles. The normalized spacial score (nSPS) is 11.6. The lowest BCUT2D eigenvalue weighted by molar-refractivity contribution is -0.143. The van der Waals surface area contributed by atoms with Crippen LogP contribution in [0.2, 0.25) is 4.34 Å². The maximum absolute atomic E-state index is 12.5. The molecule has 2 aromatic heterocycles. The van der Waals surface area contributed by atoms with Crippen LogP contribution in [0.15, 0.2) is 35.3 Å². The zero-order valence-corrected chi connectivity index (χ0v) is 18.0. The molecule has 0 atom stereocenters. The first-order valence-corrected chi connectivity index (χ1v) is 10.7. The summed E-state index contributed by atoms with van der Waals surface area (Å²) in [7, 11) is 0. The van der Waals surface area contributed by atoms with Crippen LogP contribution >= 0.6 is 34.3 Å². The second kappa shape index (κ2) is 9.34. The first-order valence-electron chi connectivity index (χ1n) is 8.73. The second-order valence-electron chi connectivity index (χ2n) is 5.70. The Balaban J connectivity index is 2.10. The highest BCUT2D eigenvalue weighted by Crippen LogP contribution is 2.23. The Bertz CT molecular complexity index is 1150. The first-order chi connectivity index (χ1) is 13.9. The van der Waals surface area contributed by atoms with Crippen molar-refractivity contribution in [3.05, 3.63) is 49.9 Å². The maximum atomic E-state index is 12.5. The van der Waals surface area contributed by atoms with E-state index in [0.717, 1.165) is 11.3 Å². The minimum Gasteiger partial charge on any atom is -0.465 e. The standard InChI is InChI=1S/C19H17ClN2O5S2/c1-3-26-16(23)10-22-12-6-5-11(18(25)27-4-2)9-14(12)29-19(22)21-17(24)13-7-8-15(20)28-13/h5-9H,3-4,10H2,1-2H3. The van der Waals surface area contributed by atoms with E-state index in [9.17, 15) is 14.4 Å². The minimum atomic E-state index is -0.461. The summed E-state index contributed by atoms with van der Waals surface area (Å²) in [5, 5.41) is 0. The van der Waals surface area contributed by atoms with Crippen molar-refractivity contribution in [3.8, 4) is 0 Å². The van der Waals surface area contributed by atoms with Gasteiger partial charge in [0.2, 0.25) is 0 Å². The van der Waals surface area contributed by atoms with Crippen molar-refractivity contribution in [1.82, 2.24) is 4.57 Å². The zero-order valence-electron chi connectivity index (χ0n) is 15.6. The van der Waals surface area contributed by atoms with E-state index in [1.165, 1.54) is 11.3 Å². The number of fused-ring (bicyclic) bond motifs is 1. The zero-order chi connectivity index (χ0) is 21.0. The molecule has 0 saturated carbocycles. The van der Waals surface area contributed by atoms with Gasteiger partial charge in [0.1, 0.15) is 6.54 Å². The average molecular weight is 453 g/mol. The lowest BCUT2D eigenvalue weighted by atomic mass is 10.2. The van der Waals surface area contributed by atoms with Crippen LogP contribution in [-0.4, -0.2) is 35.6 Å². The molecule has 3 rings (SSSR count). The van der Waals surface area contributed by atoms with Crippen molar-refractivity contribution < 1.29 is 23.9 Å². The fourth-order valence-electron chi connectivity index (χ4n) is 2.56. The van der Waals surface area contributed by atoms with Crippen molar-refractivity contribution in [1.29, 1.82) is 0 Å². The molecule has 0 spiro atoms. The van der Waals surface area contributed by atoms with Crippen molar-refractivity contribution in [2.45, 2.75) is 20.4 Å². The summed E-state index contributed by atoms with van der Waals surface area (Å²) >= 11 is 8.22. The number of ether oxygens (including phenoxy) is 2. The van der Waals surface area contributed by atoms with Crippen LogP contribution in [0.25, 0.3) is 10.2 Å². The summed E-state index contributed by atoms with van der Waals surface area (Å²) in [5.74, 6) is -1.35. The summed E-state index contributed by atoms with van der Waals surface area (Å²) in [5.41, 5.74) is 1.04. The summed E-state index contributed by atoms with van der Waals surface area (Å²) in [6.45, 7) is 3.85. The molecule has 0 saturated heterocycles. The number of nitrogens with zero attached hydrogens (tertiary/aromatic N) is 2. The van der Waals surface area contributed by atoms with Crippen molar-refractivity contribution in [2.24, 2.45) is 4.99 Å². The lowest BCUT2D eigenvalue weighted by Gasteiger charge is -2.06. The van der Waals surface area contributed by atoms with Crippen LogP contribution in [0.4, 0.5) is 0 Å². The molecule has 2 heterocycles. The molecule has 0 fully saturated rings. The van der Waals surface area contributed by atoms with E-state index in [2.05, 4.69) is 4.99 Å². The van der Waals surface area contributed by atoms with Crippen molar-refractivity contribution >= 4 is 62.3 Å². The number of carbonyl (C=O) groups is 3. The van der Waals surface area contributed by atoms with Crippen LogP contribution in [0, 0.1) is 0 Å². The van der Waals surface area contributed by atoms with Gasteiger partial charge >= 0.3 is 11.9 Å². The topological polar surface area (TPSA) is 87.0 Å². The number of thiazole rings is 1. The Hall–Kier alpha value is -2.49. The first kappa shape index (κ1) is 21.2. The van der Waals surface area contributed by atoms with Gasteiger partial charge in [-0.25, -0.2) is 4.79 Å². The molecular formula is C19H17ClN2O5S2. The Morgan fingerprint density at radius 1 is 1.07 bits per heavy atom. The van der Waals surface area contributed by atoms with Gasteiger partial charge in [-0.15, -0.1) is 11.3 Å². The molecule has 1 amide bonds. The number of thiophene rings is 1. The molecule has 1 aromatic carbocycles. The van der Waals surface area contributed by atoms with Gasteiger partial charge in [0.15, 0.2) is 4.80 Å². The van der Waals surface area contributed by atoms with Crippen molar-refractivity contribution in [3.63, 3.8) is 0 Å². The fourth-order valence-corrected chi connectivity index (χ4v) is 4.55. The number of halogens is 1. The number of rotatable bonds is 6. The van der Waals surface area contributed by atoms with Crippen LogP contribution in [0.1, 0.15) is 33.9 Å². The van der Waals surface area contributed by atoms with Gasteiger partial charge < -0.3 is 14.0 Å². The molecule has 0 radical (unpaired) electrons. The highest BCUT2D eigenvalue weighted by molar-refractivity contribution is 7.18. The fraction of sp³-hybridized carbons (Fsp3) is 0.263. The lowest BCUT2D eigenvalue weighted by Crippen LogP contribution is -2.23. The van der Waals surface area contributed by atoms with Gasteiger partial charge in [-0.2, -0.15) is 4.99 Å². The van der Waals surface area contributed by atoms with Gasteiger partial charge in [0.25, 0.3) is 5.91 Å². The molecule has 10 heteroatoms. The summed E-state index contributed by atoms with van der Waals surface area (Å²) in [6, 6.07) is 8.19. The molecule has 0 aliphatic carbocycles. The molecule has 0 aliphatic rings. The third-order valence-corrected chi connectivity index (χ3v) is 6.03. The Morgan fingerprint density at radius 2 is 1.83 bits per heavy atom. The van der Waals surface area contributed by atoms with Crippen LogP contribution in [-0.2, 0) is 20.8 Å². The van der Waals surface area contributed by atoms with Gasteiger partial charge in [-0.3, -0.25) is 9.59 Å². The van der Waals surface area contributed by atoms with E-state index in [1.54, 1.807) is 48.7 Å². The third kappa shape index (κ3) is 4.92. The van der Waals surface area contributed by atoms with Crippen LogP contribution < -0.4 is 4.80 Å². The average Bonchev–Trinajstić information content (AvgIpc) is 3.26. The highest BCUT2D eigenvalue weighted by Gasteiger charge is 2.16. The van der Waals surface area contributed by atoms with E-state index in [4.69, 9.17) is 21.1 Å². The quantitative estimate of drug-likeness (QED) is 0.529. The largest absolute Gasteiger partial charge is 0.465 e. The number of hydrogen-bond acceptors (Lipinski definition) is 7. The number of esters is 2. The molecule has 3 aromatic rings. The Labute approximate surface area is 179 Å². The van der Waals surface area contributed by atoms with Gasteiger partial charge in [0, 0.05) is 0 Å². The third-order valence-electron chi connectivity index (χ3n) is 3.77. The monoisotopic (exact) mass is 452 g/mol. The molecule has 0 unspecified atom stereocenters. The van der Waals surface area contributed by atoms with E-state index in [0.29, 0.717) is 29.8 Å². The molecule has 152 valence electrons. The summed E-state index contributed by atoms with van der Waals surface area (Å²) < 4.78 is 12.8. The van der Waals surface area contributed by atoms with E-state index in [-0.39, 0.29) is 19.8 Å². The number of amides is 1. The van der Waals surface area contributed by atoms with E-state index in [1.807, 2.05) is 0 Å². The predicted octanol–water partition coefficient (Wildman–Crippen LogP) is 3.90. The number of benzene rings is 1. The molecule has 29 heavy (non-hydrogen) atoms. The SMILES string of the molecule is CCOC(=O)Cn1c(=NC(=O)c2ccc(Cl)s2)sc2cc(C(=O)OCC)ccc21. The predicted molar refractivity (Wildman–Crippen MR) is 112 cm³/mol. The second-order valence-corrected chi connectivity index (χ2v) is 8.42. The maximum Gasteiger partial charge on any atom is 0.338 e. The molecular weight excluding hydrogens is 436 g/mol. The van der Waals surface area contributed by atoms with Crippen LogP contribution in [0.3, 0.4) is 0 Å². The Kier molecular flexibility index (Phi) is 6.83. The summed E-state index contributed by atoms with van der Waals surface area (Å²) in [6.07, 6.45) is 0. The van der Waals surface area contributed by atoms with Gasteiger partial charge in [-0.1, -0.05) is 22.9 Å². The van der Waals surface area contributed by atoms with Gasteiger partial charge in [-0.05, 0) is 44.2 Å². The molecule has 0 N–H and O–H groups in total. The number of hydrogen-bond donors (Lipinski definition) is 0. The molecule has 7 nitrogen and oxygen atoms in total. The van der Waals surface area contributed by atoms with Gasteiger partial charge in [0.05, 0.1) is 38.2 Å². The number of aromatic nitrogens is 1. The Morgan fingerprint density at radius 3 is 2.48 bits per heavy atom.